The molecule has 1 heterocycles. The van der Waals surface area contributed by atoms with Crippen molar-refractivity contribution in [1.29, 1.82) is 0 Å². The maximum absolute atomic E-state index is 12.2. The first-order valence-corrected chi connectivity index (χ1v) is 7.09. The number of carbonyl (C=O) groups is 2. The van der Waals surface area contributed by atoms with Crippen molar-refractivity contribution >= 4 is 17.5 Å². The van der Waals surface area contributed by atoms with E-state index in [-0.39, 0.29) is 24.9 Å². The maximum Gasteiger partial charge on any atom is 0.259 e. The number of nitrogens with zero attached hydrogens (tertiary/aromatic N) is 1. The van der Waals surface area contributed by atoms with E-state index in [1.807, 2.05) is 12.1 Å². The average molecular weight is 286 g/mol. The van der Waals surface area contributed by atoms with Gasteiger partial charge in [0, 0.05) is 23.4 Å². The summed E-state index contributed by atoms with van der Waals surface area (Å²) in [5, 5.41) is 12.6. The molecule has 2 aliphatic rings. The number of rotatable bonds is 4. The summed E-state index contributed by atoms with van der Waals surface area (Å²) in [7, 11) is 0. The van der Waals surface area contributed by atoms with Gasteiger partial charge in [0.1, 0.15) is 6.54 Å². The van der Waals surface area contributed by atoms with Gasteiger partial charge in [-0.3, -0.25) is 14.5 Å². The van der Waals surface area contributed by atoms with E-state index in [0.717, 1.165) is 12.0 Å². The number of hydrogen-bond acceptors (Lipinski definition) is 3. The van der Waals surface area contributed by atoms with Crippen molar-refractivity contribution in [3.05, 3.63) is 42.0 Å². The van der Waals surface area contributed by atoms with Crippen LogP contribution in [0, 0.1) is 0 Å². The van der Waals surface area contributed by atoms with Crippen molar-refractivity contribution in [3.63, 3.8) is 0 Å². The Balaban J connectivity index is 1.62. The number of nitrogens with one attached hydrogen (secondary N) is 1. The van der Waals surface area contributed by atoms with Crippen molar-refractivity contribution in [2.75, 3.05) is 13.1 Å². The van der Waals surface area contributed by atoms with Gasteiger partial charge in [0.2, 0.25) is 5.91 Å². The van der Waals surface area contributed by atoms with Crippen LogP contribution in [0.15, 0.2) is 30.8 Å². The Morgan fingerprint density at radius 2 is 2.00 bits per heavy atom. The fraction of sp³-hybridized carbons (Fsp3) is 0.375. The molecule has 5 nitrogen and oxygen atoms in total. The quantitative estimate of drug-likeness (QED) is 0.872. The Morgan fingerprint density at radius 3 is 2.57 bits per heavy atom. The van der Waals surface area contributed by atoms with Crippen molar-refractivity contribution < 1.29 is 14.7 Å². The Hall–Kier alpha value is -2.14. The summed E-state index contributed by atoms with van der Waals surface area (Å²) < 4.78 is 0. The van der Waals surface area contributed by atoms with Gasteiger partial charge < -0.3 is 10.4 Å². The zero-order valence-corrected chi connectivity index (χ0v) is 11.8. The van der Waals surface area contributed by atoms with Crippen molar-refractivity contribution in [2.45, 2.75) is 24.9 Å². The number of hydrogen-bond donors (Lipinski definition) is 2. The molecule has 0 unspecified atom stereocenters. The number of aliphatic hydroxyl groups is 1. The largest absolute Gasteiger partial charge is 0.388 e. The standard InChI is InChI=1S/C16H18N2O3/c1-11-12-5-2-3-6-13(12)15(20)18(11)9-14(19)17-10-16(21)7-4-8-16/h2-3,5-6,21H,1,4,7-10H2,(H,17,19). The summed E-state index contributed by atoms with van der Waals surface area (Å²) in [6.45, 7) is 4.07. The molecule has 1 aromatic rings. The highest BCUT2D eigenvalue weighted by Gasteiger charge is 2.35. The van der Waals surface area contributed by atoms with E-state index >= 15 is 0 Å². The molecule has 0 saturated heterocycles. The molecule has 3 rings (SSSR count). The highest BCUT2D eigenvalue weighted by atomic mass is 16.3. The first-order chi connectivity index (χ1) is 10.0. The van der Waals surface area contributed by atoms with Gasteiger partial charge in [0.15, 0.2) is 0 Å². The maximum atomic E-state index is 12.2. The molecular weight excluding hydrogens is 268 g/mol. The zero-order valence-electron chi connectivity index (χ0n) is 11.8. The predicted octanol–water partition coefficient (Wildman–Crippen LogP) is 1.14. The fourth-order valence-electron chi connectivity index (χ4n) is 2.73. The number of amides is 2. The van der Waals surface area contributed by atoms with Crippen LogP contribution >= 0.6 is 0 Å². The van der Waals surface area contributed by atoms with Crippen LogP contribution in [0.4, 0.5) is 0 Å². The lowest BCUT2D eigenvalue weighted by molar-refractivity contribution is -0.123. The van der Waals surface area contributed by atoms with Gasteiger partial charge >= 0.3 is 0 Å². The molecule has 2 amide bonds. The number of fused-ring (bicyclic) bond motifs is 1. The molecule has 1 fully saturated rings. The number of carbonyl (C=O) groups excluding carboxylic acids is 2. The first kappa shape index (κ1) is 13.8. The normalized spacial score (nSPS) is 19.2. The average Bonchev–Trinajstić information content (AvgIpc) is 2.69. The Kier molecular flexibility index (Phi) is 3.29. The smallest absolute Gasteiger partial charge is 0.259 e. The molecule has 1 aromatic carbocycles. The van der Waals surface area contributed by atoms with E-state index in [4.69, 9.17) is 0 Å². The molecule has 0 radical (unpaired) electrons. The molecule has 0 aromatic heterocycles. The third kappa shape index (κ3) is 2.45. The lowest BCUT2D eigenvalue weighted by Gasteiger charge is -2.36. The molecule has 5 heteroatoms. The predicted molar refractivity (Wildman–Crippen MR) is 78.3 cm³/mol. The fourth-order valence-corrected chi connectivity index (χ4v) is 2.73. The van der Waals surface area contributed by atoms with Crippen LogP contribution in [-0.4, -0.2) is 40.5 Å². The van der Waals surface area contributed by atoms with Gasteiger partial charge in [-0.15, -0.1) is 0 Å². The minimum atomic E-state index is -0.759. The van der Waals surface area contributed by atoms with Crippen molar-refractivity contribution in [1.82, 2.24) is 10.2 Å². The van der Waals surface area contributed by atoms with E-state index in [2.05, 4.69) is 11.9 Å². The molecule has 1 saturated carbocycles. The lowest BCUT2D eigenvalue weighted by atomic mass is 9.80. The molecule has 1 aliphatic carbocycles. The molecule has 0 bridgehead atoms. The minimum absolute atomic E-state index is 0.0670. The summed E-state index contributed by atoms with van der Waals surface area (Å²) in [5.41, 5.74) is 1.14. The topological polar surface area (TPSA) is 69.6 Å². The molecule has 0 spiro atoms. The molecule has 2 N–H and O–H groups in total. The van der Waals surface area contributed by atoms with Gasteiger partial charge in [-0.1, -0.05) is 24.8 Å². The van der Waals surface area contributed by atoms with E-state index in [1.165, 1.54) is 4.90 Å². The van der Waals surface area contributed by atoms with Crippen LogP contribution in [0.1, 0.15) is 35.2 Å². The van der Waals surface area contributed by atoms with E-state index in [1.54, 1.807) is 12.1 Å². The molecule has 1 aliphatic heterocycles. The Bertz CT molecular complexity index is 585. The van der Waals surface area contributed by atoms with Gasteiger partial charge in [-0.05, 0) is 25.3 Å². The second-order valence-electron chi connectivity index (χ2n) is 5.74. The first-order valence-electron chi connectivity index (χ1n) is 7.09. The van der Waals surface area contributed by atoms with Crippen LogP contribution in [0.3, 0.4) is 0 Å². The third-order valence-electron chi connectivity index (χ3n) is 4.24. The molecule has 110 valence electrons. The van der Waals surface area contributed by atoms with Gasteiger partial charge in [0.25, 0.3) is 5.91 Å². The Labute approximate surface area is 123 Å². The highest BCUT2D eigenvalue weighted by molar-refractivity contribution is 6.10. The molecule has 21 heavy (non-hydrogen) atoms. The van der Waals surface area contributed by atoms with Crippen LogP contribution in [-0.2, 0) is 4.79 Å². The summed E-state index contributed by atoms with van der Waals surface area (Å²) in [6.07, 6.45) is 2.42. The minimum Gasteiger partial charge on any atom is -0.388 e. The van der Waals surface area contributed by atoms with Crippen LogP contribution in [0.25, 0.3) is 5.70 Å². The summed E-state index contributed by atoms with van der Waals surface area (Å²) in [6, 6.07) is 7.19. The van der Waals surface area contributed by atoms with Crippen LogP contribution < -0.4 is 5.32 Å². The Morgan fingerprint density at radius 1 is 1.33 bits per heavy atom. The van der Waals surface area contributed by atoms with E-state index in [0.29, 0.717) is 24.1 Å². The SMILES string of the molecule is C=C1c2ccccc2C(=O)N1CC(=O)NCC1(O)CCC1. The monoisotopic (exact) mass is 286 g/mol. The van der Waals surface area contributed by atoms with Crippen LogP contribution in [0.2, 0.25) is 0 Å². The number of benzene rings is 1. The van der Waals surface area contributed by atoms with Gasteiger partial charge in [0.05, 0.1) is 5.60 Å². The molecule has 0 atom stereocenters. The second kappa shape index (κ2) is 5.00. The summed E-state index contributed by atoms with van der Waals surface area (Å²) >= 11 is 0. The lowest BCUT2D eigenvalue weighted by Crippen LogP contribution is -2.49. The van der Waals surface area contributed by atoms with Crippen molar-refractivity contribution in [3.8, 4) is 0 Å². The highest BCUT2D eigenvalue weighted by Crippen LogP contribution is 2.31. The van der Waals surface area contributed by atoms with E-state index in [9.17, 15) is 14.7 Å². The zero-order chi connectivity index (χ0) is 15.0. The van der Waals surface area contributed by atoms with Crippen LogP contribution in [0.5, 0.6) is 0 Å². The third-order valence-corrected chi connectivity index (χ3v) is 4.24. The van der Waals surface area contributed by atoms with Crippen molar-refractivity contribution in [2.24, 2.45) is 0 Å². The van der Waals surface area contributed by atoms with Gasteiger partial charge in [-0.2, -0.15) is 0 Å². The second-order valence-corrected chi connectivity index (χ2v) is 5.74. The van der Waals surface area contributed by atoms with Gasteiger partial charge in [-0.25, -0.2) is 0 Å². The summed E-state index contributed by atoms with van der Waals surface area (Å²) in [5.74, 6) is -0.481. The van der Waals surface area contributed by atoms with E-state index < -0.39 is 5.60 Å². The molecular formula is C16H18N2O3. The summed E-state index contributed by atoms with van der Waals surface area (Å²) in [4.78, 5) is 25.6.